The summed E-state index contributed by atoms with van der Waals surface area (Å²) in [5, 5.41) is 12.3. The smallest absolute Gasteiger partial charge is 0.417 e. The lowest BCUT2D eigenvalue weighted by Gasteiger charge is -2.41. The molecule has 0 aliphatic rings. The fourth-order valence-corrected chi connectivity index (χ4v) is 4.84. The van der Waals surface area contributed by atoms with Crippen LogP contribution in [0.2, 0.25) is 0 Å². The lowest BCUT2D eigenvalue weighted by atomic mass is 9.68. The van der Waals surface area contributed by atoms with Gasteiger partial charge in [0.25, 0.3) is 0 Å². The third-order valence-corrected chi connectivity index (χ3v) is 8.95. The number of carbonyl (C=O) groups excluding carboxylic acids is 3. The second kappa shape index (κ2) is 14.8. The number of esters is 3. The van der Waals surface area contributed by atoms with Crippen molar-refractivity contribution < 1.29 is 60.0 Å². The van der Waals surface area contributed by atoms with Crippen LogP contribution in [0.15, 0.2) is 0 Å². The molecule has 0 aliphatic carbocycles. The summed E-state index contributed by atoms with van der Waals surface area (Å²) < 4.78 is 95.5. The molecular formula is C33H57F6NO7. The molecule has 0 rings (SSSR count). The molecule has 4 unspecified atom stereocenters. The minimum atomic E-state index is -5.00. The monoisotopic (exact) mass is 693 g/mol. The van der Waals surface area contributed by atoms with E-state index in [1.807, 2.05) is 20.8 Å². The van der Waals surface area contributed by atoms with Gasteiger partial charge < -0.3 is 24.6 Å². The van der Waals surface area contributed by atoms with E-state index in [9.17, 15) is 45.8 Å². The largest absolute Gasteiger partial charge is 0.463 e. The number of halogens is 6. The van der Waals surface area contributed by atoms with E-state index in [4.69, 9.17) is 14.2 Å². The molecular weight excluding hydrogens is 636 g/mol. The number of alkyl halides is 6. The van der Waals surface area contributed by atoms with Crippen LogP contribution in [0.1, 0.15) is 123 Å². The molecule has 278 valence electrons. The van der Waals surface area contributed by atoms with E-state index in [1.165, 1.54) is 48.5 Å². The van der Waals surface area contributed by atoms with Gasteiger partial charge in [-0.15, -0.1) is 0 Å². The maximum absolute atomic E-state index is 13.8. The quantitative estimate of drug-likeness (QED) is 0.0962. The van der Waals surface area contributed by atoms with E-state index in [1.54, 1.807) is 20.8 Å². The lowest BCUT2D eigenvalue weighted by molar-refractivity contribution is -0.268. The highest BCUT2D eigenvalue weighted by molar-refractivity contribution is 5.82. The Morgan fingerprint density at radius 2 is 1.23 bits per heavy atom. The molecule has 0 aromatic carbocycles. The second-order valence-electron chi connectivity index (χ2n) is 16.5. The van der Waals surface area contributed by atoms with Gasteiger partial charge in [0.05, 0.1) is 23.3 Å². The molecule has 0 amide bonds. The van der Waals surface area contributed by atoms with Gasteiger partial charge in [0, 0.05) is 17.4 Å². The number of hydrogen-bond acceptors (Lipinski definition) is 8. The predicted octanol–water partition coefficient (Wildman–Crippen LogP) is 7.69. The summed E-state index contributed by atoms with van der Waals surface area (Å²) in [6.07, 6.45) is -10.9. The van der Waals surface area contributed by atoms with E-state index >= 15 is 0 Å². The fraction of sp³-hybridized carbons (Fsp3) is 0.909. The molecule has 0 spiro atoms. The third-order valence-electron chi connectivity index (χ3n) is 8.95. The van der Waals surface area contributed by atoms with Gasteiger partial charge >= 0.3 is 30.3 Å². The molecule has 47 heavy (non-hydrogen) atoms. The molecule has 0 radical (unpaired) electrons. The normalized spacial score (nSPS) is 18.3. The SMILES string of the molecule is CCC(C)(CC(C)(CC(C)C(=O)OC(C)(C)C(C)(C)C)C(=O)OCC(C)(C)NCC(F)(F)F)C(=O)OC(C)(C)CC(C)(O)C(F)(F)F. The molecule has 4 atom stereocenters. The minimum absolute atomic E-state index is 0.0506. The van der Waals surface area contributed by atoms with Crippen molar-refractivity contribution in [2.75, 3.05) is 13.2 Å². The third kappa shape index (κ3) is 13.7. The predicted molar refractivity (Wildman–Crippen MR) is 165 cm³/mol. The summed E-state index contributed by atoms with van der Waals surface area (Å²) in [5.41, 5.74) is -10.7. The Morgan fingerprint density at radius 1 is 0.745 bits per heavy atom. The highest BCUT2D eigenvalue weighted by Gasteiger charge is 2.54. The van der Waals surface area contributed by atoms with Crippen LogP contribution in [0.4, 0.5) is 26.3 Å². The van der Waals surface area contributed by atoms with Gasteiger partial charge in [0.15, 0.2) is 5.60 Å². The average molecular weight is 694 g/mol. The van der Waals surface area contributed by atoms with Crippen LogP contribution in [0.3, 0.4) is 0 Å². The van der Waals surface area contributed by atoms with Crippen molar-refractivity contribution in [1.29, 1.82) is 0 Å². The first-order valence-electron chi connectivity index (χ1n) is 15.7. The topological polar surface area (TPSA) is 111 Å². The zero-order chi connectivity index (χ0) is 37.9. The van der Waals surface area contributed by atoms with Crippen molar-refractivity contribution in [3.8, 4) is 0 Å². The van der Waals surface area contributed by atoms with Crippen molar-refractivity contribution in [2.45, 2.75) is 157 Å². The van der Waals surface area contributed by atoms with Gasteiger partial charge in [-0.3, -0.25) is 14.4 Å². The number of carbonyl (C=O) groups is 3. The molecule has 0 fully saturated rings. The molecule has 0 bridgehead atoms. The van der Waals surface area contributed by atoms with Crippen LogP contribution < -0.4 is 5.32 Å². The minimum Gasteiger partial charge on any atom is -0.463 e. The maximum atomic E-state index is 13.8. The van der Waals surface area contributed by atoms with E-state index in [0.717, 1.165) is 0 Å². The molecule has 2 N–H and O–H groups in total. The Balaban J connectivity index is 6.46. The van der Waals surface area contributed by atoms with Crippen LogP contribution in [-0.2, 0) is 28.6 Å². The zero-order valence-electron chi connectivity index (χ0n) is 30.5. The Hall–Kier alpha value is -2.09. The van der Waals surface area contributed by atoms with Crippen LogP contribution in [0.5, 0.6) is 0 Å². The highest BCUT2D eigenvalue weighted by atomic mass is 19.4. The lowest BCUT2D eigenvalue weighted by Crippen LogP contribution is -2.51. The first kappa shape index (κ1) is 44.9. The van der Waals surface area contributed by atoms with Gasteiger partial charge in [-0.25, -0.2) is 0 Å². The number of rotatable bonds is 16. The van der Waals surface area contributed by atoms with Crippen molar-refractivity contribution in [1.82, 2.24) is 5.32 Å². The zero-order valence-corrected chi connectivity index (χ0v) is 30.5. The van der Waals surface area contributed by atoms with Crippen molar-refractivity contribution in [3.05, 3.63) is 0 Å². The van der Waals surface area contributed by atoms with E-state index in [2.05, 4.69) is 5.32 Å². The Labute approximate surface area is 276 Å². The average Bonchev–Trinajstić information content (AvgIpc) is 2.82. The Morgan fingerprint density at radius 3 is 1.64 bits per heavy atom. The van der Waals surface area contributed by atoms with Gasteiger partial charge in [0.2, 0.25) is 0 Å². The number of ether oxygens (including phenoxy) is 3. The summed E-state index contributed by atoms with van der Waals surface area (Å²) in [5.74, 6) is -3.40. The molecule has 0 heterocycles. The molecule has 14 heteroatoms. The van der Waals surface area contributed by atoms with Crippen LogP contribution >= 0.6 is 0 Å². The molecule has 8 nitrogen and oxygen atoms in total. The van der Waals surface area contributed by atoms with E-state index in [0.29, 0.717) is 6.92 Å². The van der Waals surface area contributed by atoms with Crippen LogP contribution in [-0.4, -0.2) is 70.9 Å². The summed E-state index contributed by atoms with van der Waals surface area (Å²) in [6, 6.07) is 0. The second-order valence-corrected chi connectivity index (χ2v) is 16.5. The standard InChI is InChI=1S/C33H57F6NO7/c1-15-29(12,24(43)47-27(8,9)17-31(14,44)33(37,38)39)18-30(13,16-21(2)22(41)46-28(10,11)25(3,4)5)23(42)45-20-26(6,7)40-19-32(34,35)36/h21,40,44H,15-20H2,1-14H3. The van der Waals surface area contributed by atoms with Crippen LogP contribution in [0, 0.1) is 22.2 Å². The van der Waals surface area contributed by atoms with Gasteiger partial charge in [0.1, 0.15) is 17.8 Å². The van der Waals surface area contributed by atoms with Crippen molar-refractivity contribution in [2.24, 2.45) is 22.2 Å². The molecule has 0 aliphatic heterocycles. The number of hydrogen-bond donors (Lipinski definition) is 2. The first-order chi connectivity index (χ1) is 20.4. The van der Waals surface area contributed by atoms with Crippen molar-refractivity contribution in [3.63, 3.8) is 0 Å². The Bertz CT molecular complexity index is 1090. The Kier molecular flexibility index (Phi) is 14.1. The fourth-order valence-electron chi connectivity index (χ4n) is 4.84. The summed E-state index contributed by atoms with van der Waals surface area (Å²) in [4.78, 5) is 40.7. The molecule has 0 aromatic heterocycles. The van der Waals surface area contributed by atoms with Crippen LogP contribution in [0.25, 0.3) is 0 Å². The number of nitrogens with one attached hydrogen (secondary N) is 1. The number of aliphatic hydroxyl groups is 1. The molecule has 0 saturated heterocycles. The summed E-state index contributed by atoms with van der Waals surface area (Å²) in [6.45, 7) is 19.2. The van der Waals surface area contributed by atoms with Gasteiger partial charge in [-0.2, -0.15) is 26.3 Å². The highest BCUT2D eigenvalue weighted by Crippen LogP contribution is 2.45. The summed E-state index contributed by atoms with van der Waals surface area (Å²) >= 11 is 0. The summed E-state index contributed by atoms with van der Waals surface area (Å²) in [7, 11) is 0. The molecule has 0 saturated carbocycles. The molecule has 0 aromatic rings. The van der Waals surface area contributed by atoms with E-state index in [-0.39, 0.29) is 19.3 Å². The van der Waals surface area contributed by atoms with Gasteiger partial charge in [-0.05, 0) is 81.6 Å². The maximum Gasteiger partial charge on any atom is 0.417 e. The van der Waals surface area contributed by atoms with Gasteiger partial charge in [-0.1, -0.05) is 34.6 Å². The van der Waals surface area contributed by atoms with E-state index < -0.39 is 94.3 Å². The van der Waals surface area contributed by atoms with Crippen molar-refractivity contribution >= 4 is 17.9 Å². The first-order valence-corrected chi connectivity index (χ1v) is 15.7.